The highest BCUT2D eigenvalue weighted by atomic mass is 19.1. The number of hydrogen-bond donors (Lipinski definition) is 0. The molecule has 0 aliphatic carbocycles. The quantitative estimate of drug-likeness (QED) is 0.764. The highest BCUT2D eigenvalue weighted by molar-refractivity contribution is 5.97. The molecule has 86 valence electrons. The number of aromatic nitrogens is 2. The summed E-state index contributed by atoms with van der Waals surface area (Å²) in [4.78, 5) is 19.3. The predicted octanol–water partition coefficient (Wildman–Crippen LogP) is 2.18. The molecule has 0 saturated carbocycles. The van der Waals surface area contributed by atoms with Gasteiger partial charge in [-0.3, -0.25) is 4.79 Å². The second-order valence-electron chi connectivity index (χ2n) is 3.42. The number of benzene rings is 1. The molecule has 0 aliphatic rings. The molecule has 0 bridgehead atoms. The number of rotatable bonds is 3. The highest BCUT2D eigenvalue weighted by Gasteiger charge is 2.13. The summed E-state index contributed by atoms with van der Waals surface area (Å²) in [6.07, 6.45) is 2.70. The van der Waals surface area contributed by atoms with Crippen LogP contribution in [0.2, 0.25) is 0 Å². The van der Waals surface area contributed by atoms with E-state index in [0.717, 1.165) is 18.2 Å². The molecular weight excluding hydrogens is 226 g/mol. The maximum Gasteiger partial charge on any atom is 0.171 e. The van der Waals surface area contributed by atoms with Crippen molar-refractivity contribution in [2.24, 2.45) is 0 Å². The van der Waals surface area contributed by atoms with Gasteiger partial charge in [-0.2, -0.15) is 0 Å². The Morgan fingerprint density at radius 2 is 2.06 bits per heavy atom. The molecule has 0 amide bonds. The summed E-state index contributed by atoms with van der Waals surface area (Å²) >= 11 is 0. The molecule has 0 spiro atoms. The summed E-state index contributed by atoms with van der Waals surface area (Å²) in [5.74, 6) is -1.89. The monoisotopic (exact) mass is 234 g/mol. The van der Waals surface area contributed by atoms with Crippen LogP contribution in [0.4, 0.5) is 8.78 Å². The van der Waals surface area contributed by atoms with Gasteiger partial charge in [0.2, 0.25) is 0 Å². The smallest absolute Gasteiger partial charge is 0.171 e. The molecule has 0 atom stereocenters. The van der Waals surface area contributed by atoms with Crippen LogP contribution in [-0.4, -0.2) is 15.8 Å². The Bertz CT molecular complexity index is 543. The number of Topliss-reactive ketones (excluding diaryl/α,β-unsaturated/α-hetero) is 1. The third-order valence-corrected chi connectivity index (χ3v) is 2.21. The van der Waals surface area contributed by atoms with Crippen LogP contribution in [0.3, 0.4) is 0 Å². The lowest BCUT2D eigenvalue weighted by Crippen LogP contribution is -2.08. The van der Waals surface area contributed by atoms with Crippen LogP contribution in [0.1, 0.15) is 16.1 Å². The van der Waals surface area contributed by atoms with Crippen molar-refractivity contribution < 1.29 is 13.6 Å². The molecule has 3 nitrogen and oxygen atoms in total. The van der Waals surface area contributed by atoms with Gasteiger partial charge in [-0.25, -0.2) is 18.7 Å². The van der Waals surface area contributed by atoms with Crippen molar-refractivity contribution in [2.45, 2.75) is 6.42 Å². The highest BCUT2D eigenvalue weighted by Crippen LogP contribution is 2.12. The molecule has 0 unspecified atom stereocenters. The minimum Gasteiger partial charge on any atom is -0.294 e. The number of nitrogens with zero attached hydrogens (tertiary/aromatic N) is 2. The zero-order valence-corrected chi connectivity index (χ0v) is 8.73. The van der Waals surface area contributed by atoms with Gasteiger partial charge in [-0.1, -0.05) is 0 Å². The summed E-state index contributed by atoms with van der Waals surface area (Å²) in [7, 11) is 0. The average Bonchev–Trinajstić information content (AvgIpc) is 2.33. The van der Waals surface area contributed by atoms with Crippen LogP contribution in [0.5, 0.6) is 0 Å². The van der Waals surface area contributed by atoms with E-state index in [9.17, 15) is 13.6 Å². The molecule has 2 aromatic rings. The van der Waals surface area contributed by atoms with E-state index in [1.54, 1.807) is 6.07 Å². The Balaban J connectivity index is 2.23. The third kappa shape index (κ3) is 2.69. The summed E-state index contributed by atoms with van der Waals surface area (Å²) in [5, 5.41) is 0. The maximum atomic E-state index is 13.3. The average molecular weight is 234 g/mol. The zero-order valence-electron chi connectivity index (χ0n) is 8.73. The van der Waals surface area contributed by atoms with Gasteiger partial charge >= 0.3 is 0 Å². The van der Waals surface area contributed by atoms with E-state index in [-0.39, 0.29) is 12.0 Å². The lowest BCUT2D eigenvalue weighted by atomic mass is 10.1. The third-order valence-electron chi connectivity index (χ3n) is 2.21. The first-order chi connectivity index (χ1) is 8.16. The van der Waals surface area contributed by atoms with Crippen molar-refractivity contribution in [1.29, 1.82) is 0 Å². The van der Waals surface area contributed by atoms with E-state index in [0.29, 0.717) is 5.69 Å². The van der Waals surface area contributed by atoms with Gasteiger partial charge in [0.15, 0.2) is 5.78 Å². The van der Waals surface area contributed by atoms with Crippen LogP contribution < -0.4 is 0 Å². The lowest BCUT2D eigenvalue weighted by molar-refractivity contribution is 0.0987. The summed E-state index contributed by atoms with van der Waals surface area (Å²) in [6.45, 7) is 0. The summed E-state index contributed by atoms with van der Waals surface area (Å²) in [5.41, 5.74) is 0.206. The molecule has 5 heteroatoms. The molecule has 1 aromatic carbocycles. The Kier molecular flexibility index (Phi) is 3.18. The summed E-state index contributed by atoms with van der Waals surface area (Å²) < 4.78 is 26.2. The molecule has 0 aliphatic heterocycles. The topological polar surface area (TPSA) is 42.9 Å². The van der Waals surface area contributed by atoms with Crippen LogP contribution in [0.15, 0.2) is 36.8 Å². The SMILES string of the molecule is O=C(Cc1ccncn1)c1cc(F)ccc1F. The number of ketones is 1. The Morgan fingerprint density at radius 1 is 1.24 bits per heavy atom. The lowest BCUT2D eigenvalue weighted by Gasteiger charge is -2.02. The van der Waals surface area contributed by atoms with Gasteiger partial charge in [0.1, 0.15) is 18.0 Å². The normalized spacial score (nSPS) is 10.2. The van der Waals surface area contributed by atoms with Gasteiger partial charge in [0.05, 0.1) is 17.7 Å². The Morgan fingerprint density at radius 3 is 2.76 bits per heavy atom. The first kappa shape index (κ1) is 11.3. The fraction of sp³-hybridized carbons (Fsp3) is 0.0833. The van der Waals surface area contributed by atoms with Gasteiger partial charge in [0, 0.05) is 6.20 Å². The van der Waals surface area contributed by atoms with E-state index in [1.807, 2.05) is 0 Å². The second-order valence-corrected chi connectivity index (χ2v) is 3.42. The van der Waals surface area contributed by atoms with E-state index in [1.165, 1.54) is 12.5 Å². The molecule has 1 heterocycles. The molecule has 17 heavy (non-hydrogen) atoms. The van der Waals surface area contributed by atoms with Gasteiger partial charge in [-0.05, 0) is 24.3 Å². The molecule has 2 rings (SSSR count). The van der Waals surface area contributed by atoms with Crippen LogP contribution in [-0.2, 0) is 6.42 Å². The van der Waals surface area contributed by atoms with Gasteiger partial charge in [0.25, 0.3) is 0 Å². The van der Waals surface area contributed by atoms with Crippen LogP contribution >= 0.6 is 0 Å². The maximum absolute atomic E-state index is 13.3. The molecule has 0 fully saturated rings. The van der Waals surface area contributed by atoms with E-state index >= 15 is 0 Å². The fourth-order valence-electron chi connectivity index (χ4n) is 1.39. The minimum absolute atomic E-state index is 0.0805. The molecule has 0 radical (unpaired) electrons. The van der Waals surface area contributed by atoms with E-state index < -0.39 is 17.4 Å². The first-order valence-electron chi connectivity index (χ1n) is 4.90. The fourth-order valence-corrected chi connectivity index (χ4v) is 1.39. The van der Waals surface area contributed by atoms with Gasteiger partial charge in [-0.15, -0.1) is 0 Å². The Labute approximate surface area is 96.2 Å². The van der Waals surface area contributed by atoms with Crippen molar-refractivity contribution in [3.05, 3.63) is 59.7 Å². The van der Waals surface area contributed by atoms with Crippen molar-refractivity contribution in [3.63, 3.8) is 0 Å². The predicted molar refractivity (Wildman–Crippen MR) is 56.4 cm³/mol. The Hall–Kier alpha value is -2.17. The van der Waals surface area contributed by atoms with Crippen LogP contribution in [0.25, 0.3) is 0 Å². The van der Waals surface area contributed by atoms with Crippen molar-refractivity contribution in [3.8, 4) is 0 Å². The first-order valence-corrected chi connectivity index (χ1v) is 4.90. The van der Waals surface area contributed by atoms with Crippen LogP contribution in [0, 0.1) is 11.6 Å². The zero-order chi connectivity index (χ0) is 12.3. The van der Waals surface area contributed by atoms with Crippen molar-refractivity contribution >= 4 is 5.78 Å². The van der Waals surface area contributed by atoms with Crippen molar-refractivity contribution in [1.82, 2.24) is 9.97 Å². The molecule has 1 aromatic heterocycles. The largest absolute Gasteiger partial charge is 0.294 e. The number of hydrogen-bond acceptors (Lipinski definition) is 3. The summed E-state index contributed by atoms with van der Waals surface area (Å²) in [6, 6.07) is 4.34. The number of halogens is 2. The second kappa shape index (κ2) is 4.78. The molecular formula is C12H8F2N2O. The standard InChI is InChI=1S/C12H8F2N2O/c13-8-1-2-11(14)10(5-8)12(17)6-9-3-4-15-7-16-9/h1-5,7H,6H2. The number of carbonyl (C=O) groups is 1. The minimum atomic E-state index is -0.731. The number of carbonyl (C=O) groups excluding carboxylic acids is 1. The van der Waals surface area contributed by atoms with Gasteiger partial charge < -0.3 is 0 Å². The van der Waals surface area contributed by atoms with E-state index in [2.05, 4.69) is 9.97 Å². The molecule has 0 saturated heterocycles. The molecule has 0 N–H and O–H groups in total. The van der Waals surface area contributed by atoms with E-state index in [4.69, 9.17) is 0 Å². The van der Waals surface area contributed by atoms with Crippen molar-refractivity contribution in [2.75, 3.05) is 0 Å².